The molecule has 0 aliphatic heterocycles. The molecule has 0 unspecified atom stereocenters. The molecule has 130 valence electrons. The molecule has 0 aliphatic rings. The molecule has 0 saturated heterocycles. The lowest BCUT2D eigenvalue weighted by Gasteiger charge is -2.14. The monoisotopic (exact) mass is 346 g/mol. The summed E-state index contributed by atoms with van der Waals surface area (Å²) in [7, 11) is 0. The molecule has 0 bridgehead atoms. The van der Waals surface area contributed by atoms with Crippen LogP contribution in [-0.4, -0.2) is 16.1 Å². The maximum absolute atomic E-state index is 12.7. The molecule has 3 aromatic rings. The number of nitrogens with one attached hydrogen (secondary N) is 3. The van der Waals surface area contributed by atoms with Gasteiger partial charge in [0.2, 0.25) is 0 Å². The number of hydrazine groups is 1. The number of amides is 1. The highest BCUT2D eigenvalue weighted by Crippen LogP contribution is 2.31. The van der Waals surface area contributed by atoms with Crippen LogP contribution in [0.2, 0.25) is 0 Å². The van der Waals surface area contributed by atoms with Crippen LogP contribution in [0.15, 0.2) is 77.7 Å². The second-order valence-corrected chi connectivity index (χ2v) is 5.74. The first-order chi connectivity index (χ1) is 12.6. The van der Waals surface area contributed by atoms with Crippen molar-refractivity contribution in [2.24, 2.45) is 0 Å². The van der Waals surface area contributed by atoms with Gasteiger partial charge in [0.05, 0.1) is 5.69 Å². The molecule has 6 heteroatoms. The number of nitrogens with zero attached hydrogens (tertiary/aromatic N) is 1. The number of hydrogen-bond acceptors (Lipinski definition) is 4. The first-order valence-electron chi connectivity index (χ1n) is 8.03. The number of aromatic amines is 1. The molecule has 3 N–H and O–H groups in total. The van der Waals surface area contributed by atoms with Gasteiger partial charge in [-0.05, 0) is 12.5 Å². The highest BCUT2D eigenvalue weighted by Gasteiger charge is 2.22. The number of benzene rings is 2. The van der Waals surface area contributed by atoms with Gasteiger partial charge in [-0.1, -0.05) is 67.2 Å². The SMILES string of the molecule is C=C(C)NNC(=O)c1c(-c2ccccc2)c(-c2ccccc2)n[nH]c1=O. The van der Waals surface area contributed by atoms with Crippen molar-refractivity contribution in [1.29, 1.82) is 0 Å². The summed E-state index contributed by atoms with van der Waals surface area (Å²) >= 11 is 0. The van der Waals surface area contributed by atoms with E-state index in [0.717, 1.165) is 11.1 Å². The Morgan fingerprint density at radius 1 is 0.962 bits per heavy atom. The number of aromatic nitrogens is 2. The third kappa shape index (κ3) is 3.54. The van der Waals surface area contributed by atoms with E-state index >= 15 is 0 Å². The lowest BCUT2D eigenvalue weighted by molar-refractivity contribution is 0.0938. The smallest absolute Gasteiger partial charge is 0.277 e. The molecule has 2 aromatic carbocycles. The lowest BCUT2D eigenvalue weighted by atomic mass is 9.95. The van der Waals surface area contributed by atoms with Gasteiger partial charge < -0.3 is 5.43 Å². The van der Waals surface area contributed by atoms with Crippen LogP contribution in [0.25, 0.3) is 22.4 Å². The van der Waals surface area contributed by atoms with Crippen LogP contribution in [0, 0.1) is 0 Å². The highest BCUT2D eigenvalue weighted by atomic mass is 16.2. The van der Waals surface area contributed by atoms with Crippen LogP contribution in [0.3, 0.4) is 0 Å². The molecule has 1 heterocycles. The van der Waals surface area contributed by atoms with Crippen molar-refractivity contribution in [2.45, 2.75) is 6.92 Å². The molecule has 26 heavy (non-hydrogen) atoms. The summed E-state index contributed by atoms with van der Waals surface area (Å²) in [6, 6.07) is 18.6. The van der Waals surface area contributed by atoms with Gasteiger partial charge in [0.1, 0.15) is 5.56 Å². The summed E-state index contributed by atoms with van der Waals surface area (Å²) in [5, 5.41) is 6.64. The molecule has 0 atom stereocenters. The molecule has 1 aromatic heterocycles. The van der Waals surface area contributed by atoms with Crippen molar-refractivity contribution in [2.75, 3.05) is 0 Å². The Labute approximate surface area is 150 Å². The van der Waals surface area contributed by atoms with E-state index in [9.17, 15) is 9.59 Å². The zero-order chi connectivity index (χ0) is 18.5. The topological polar surface area (TPSA) is 86.9 Å². The summed E-state index contributed by atoms with van der Waals surface area (Å²) in [5.41, 5.74) is 7.62. The van der Waals surface area contributed by atoms with Gasteiger partial charge in [-0.25, -0.2) is 5.10 Å². The minimum Gasteiger partial charge on any atom is -0.303 e. The van der Waals surface area contributed by atoms with E-state index in [-0.39, 0.29) is 5.56 Å². The zero-order valence-corrected chi connectivity index (χ0v) is 14.2. The van der Waals surface area contributed by atoms with Crippen molar-refractivity contribution in [3.8, 4) is 22.4 Å². The second-order valence-electron chi connectivity index (χ2n) is 5.74. The first-order valence-corrected chi connectivity index (χ1v) is 8.03. The second kappa shape index (κ2) is 7.48. The fraction of sp³-hybridized carbons (Fsp3) is 0.0500. The number of allylic oxidation sites excluding steroid dienone is 1. The van der Waals surface area contributed by atoms with Crippen LogP contribution in [-0.2, 0) is 0 Å². The number of hydrogen-bond donors (Lipinski definition) is 3. The Hall–Kier alpha value is -3.67. The van der Waals surface area contributed by atoms with E-state index in [0.29, 0.717) is 17.0 Å². The Bertz CT molecular complexity index is 995. The minimum atomic E-state index is -0.565. The molecule has 1 amide bonds. The van der Waals surface area contributed by atoms with Gasteiger partial charge in [-0.15, -0.1) is 0 Å². The summed E-state index contributed by atoms with van der Waals surface area (Å²) in [4.78, 5) is 25.1. The van der Waals surface area contributed by atoms with E-state index in [4.69, 9.17) is 0 Å². The fourth-order valence-electron chi connectivity index (χ4n) is 2.58. The van der Waals surface area contributed by atoms with Gasteiger partial charge in [-0.3, -0.25) is 15.0 Å². The van der Waals surface area contributed by atoms with Crippen LogP contribution in [0.4, 0.5) is 0 Å². The van der Waals surface area contributed by atoms with Gasteiger partial charge in [-0.2, -0.15) is 5.10 Å². The molecule has 0 fully saturated rings. The summed E-state index contributed by atoms with van der Waals surface area (Å²) in [5.74, 6) is -0.562. The molecule has 3 rings (SSSR count). The van der Waals surface area contributed by atoms with Crippen molar-refractivity contribution in [3.05, 3.63) is 88.9 Å². The van der Waals surface area contributed by atoms with Gasteiger partial charge in [0.25, 0.3) is 11.5 Å². The number of carbonyl (C=O) groups excluding carboxylic acids is 1. The largest absolute Gasteiger partial charge is 0.303 e. The van der Waals surface area contributed by atoms with E-state index in [1.807, 2.05) is 60.7 Å². The normalized spacial score (nSPS) is 10.2. The molecule has 0 saturated carbocycles. The molecule has 6 nitrogen and oxygen atoms in total. The lowest BCUT2D eigenvalue weighted by Crippen LogP contribution is -2.39. The molecular formula is C20H18N4O2. The minimum absolute atomic E-state index is 0.0150. The highest BCUT2D eigenvalue weighted by molar-refractivity contribution is 6.03. The van der Waals surface area contributed by atoms with E-state index in [2.05, 4.69) is 27.6 Å². The third-order valence-electron chi connectivity index (χ3n) is 3.71. The van der Waals surface area contributed by atoms with Crippen LogP contribution >= 0.6 is 0 Å². The Balaban J connectivity index is 2.24. The maximum atomic E-state index is 12.7. The number of carbonyl (C=O) groups is 1. The molecular weight excluding hydrogens is 328 g/mol. The van der Waals surface area contributed by atoms with Crippen molar-refractivity contribution in [3.63, 3.8) is 0 Å². The summed E-state index contributed by atoms with van der Waals surface area (Å²) < 4.78 is 0. The quantitative estimate of drug-likeness (QED) is 0.620. The standard InChI is InChI=1S/C20H18N4O2/c1-13(2)21-23-19(25)17-16(14-9-5-3-6-10-14)18(22-24-20(17)26)15-11-7-4-8-12-15/h3-12,21H,1H2,2H3,(H,23,25)(H,24,26). The average molecular weight is 346 g/mol. The van der Waals surface area contributed by atoms with Crippen molar-refractivity contribution >= 4 is 5.91 Å². The van der Waals surface area contributed by atoms with Crippen LogP contribution in [0.5, 0.6) is 0 Å². The Morgan fingerprint density at radius 2 is 1.54 bits per heavy atom. The predicted octanol–water partition coefficient (Wildman–Crippen LogP) is 2.87. The average Bonchev–Trinajstić information content (AvgIpc) is 2.67. The van der Waals surface area contributed by atoms with Crippen LogP contribution in [0.1, 0.15) is 17.3 Å². The number of rotatable bonds is 5. The summed E-state index contributed by atoms with van der Waals surface area (Å²) in [6.07, 6.45) is 0. The van der Waals surface area contributed by atoms with E-state index < -0.39 is 11.5 Å². The van der Waals surface area contributed by atoms with Gasteiger partial charge in [0, 0.05) is 16.8 Å². The Kier molecular flexibility index (Phi) is 4.94. The summed E-state index contributed by atoms with van der Waals surface area (Å²) in [6.45, 7) is 5.36. The van der Waals surface area contributed by atoms with Gasteiger partial charge in [0.15, 0.2) is 0 Å². The number of H-pyrrole nitrogens is 1. The van der Waals surface area contributed by atoms with E-state index in [1.54, 1.807) is 6.92 Å². The third-order valence-corrected chi connectivity index (χ3v) is 3.71. The fourth-order valence-corrected chi connectivity index (χ4v) is 2.58. The van der Waals surface area contributed by atoms with Gasteiger partial charge >= 0.3 is 0 Å². The van der Waals surface area contributed by atoms with Crippen LogP contribution < -0.4 is 16.4 Å². The Morgan fingerprint density at radius 3 is 2.12 bits per heavy atom. The zero-order valence-electron chi connectivity index (χ0n) is 14.2. The molecule has 0 aliphatic carbocycles. The maximum Gasteiger partial charge on any atom is 0.277 e. The van der Waals surface area contributed by atoms with Crippen molar-refractivity contribution in [1.82, 2.24) is 21.0 Å². The van der Waals surface area contributed by atoms with Crippen molar-refractivity contribution < 1.29 is 4.79 Å². The predicted molar refractivity (Wildman–Crippen MR) is 101 cm³/mol. The molecule has 0 spiro atoms. The van der Waals surface area contributed by atoms with E-state index in [1.165, 1.54) is 0 Å². The first kappa shape index (κ1) is 17.2. The molecule has 0 radical (unpaired) electrons.